The van der Waals surface area contributed by atoms with Gasteiger partial charge in [-0.05, 0) is 124 Å². The van der Waals surface area contributed by atoms with E-state index in [1.807, 2.05) is 39.8 Å². The van der Waals surface area contributed by atoms with Crippen molar-refractivity contribution in [3.8, 4) is 11.8 Å². The molecule has 4 heterocycles. The number of aliphatic imine (C=N–C) groups is 1. The second kappa shape index (κ2) is 12.9. The molecule has 1 aromatic heterocycles. The van der Waals surface area contributed by atoms with Gasteiger partial charge in [-0.1, -0.05) is 26.0 Å². The Morgan fingerprint density at radius 1 is 1.15 bits per heavy atom. The normalized spacial score (nSPS) is 24.1. The van der Waals surface area contributed by atoms with Crippen molar-refractivity contribution in [2.24, 2.45) is 10.9 Å². The molecule has 0 amide bonds. The number of piperidine rings is 1. The number of aromatic hydroxyl groups is 1. The van der Waals surface area contributed by atoms with Crippen molar-refractivity contribution in [1.82, 2.24) is 14.9 Å². The number of ether oxygens (including phenoxy) is 1. The summed E-state index contributed by atoms with van der Waals surface area (Å²) < 4.78 is 21.9. The molecule has 2 unspecified atom stereocenters. The first kappa shape index (κ1) is 32.7. The zero-order chi connectivity index (χ0) is 33.7. The number of hydrogen-bond donors (Lipinski definition) is 2. The Hall–Kier alpha value is -3.82. The SMILES string of the molecule is C/C=C1\C(=NC(C)C)C(c2cc(O)cc3ccc(F)c(CC)c23)=Cc2nc(OCC34CCCN3CCC4)nc(N3CCC(C)C(O)C3)c21. The number of aliphatic hydroxyl groups excluding tert-OH is 1. The van der Waals surface area contributed by atoms with Crippen LogP contribution in [0.1, 0.15) is 89.1 Å². The Bertz CT molecular complexity index is 1820. The van der Waals surface area contributed by atoms with Crippen LogP contribution in [0.2, 0.25) is 0 Å². The fourth-order valence-corrected chi connectivity index (χ4v) is 8.41. The summed E-state index contributed by atoms with van der Waals surface area (Å²) in [4.78, 5) is 20.1. The number of fused-ring (bicyclic) bond motifs is 3. The molecule has 3 aliphatic heterocycles. The molecule has 7 rings (SSSR count). The molecule has 0 saturated carbocycles. The van der Waals surface area contributed by atoms with E-state index in [-0.39, 0.29) is 29.1 Å². The lowest BCUT2D eigenvalue weighted by Crippen LogP contribution is -2.44. The highest BCUT2D eigenvalue weighted by atomic mass is 19.1. The number of halogens is 1. The number of phenolic OH excluding ortho intramolecular Hbond substituents is 1. The van der Waals surface area contributed by atoms with Crippen LogP contribution in [0.15, 0.2) is 35.3 Å². The summed E-state index contributed by atoms with van der Waals surface area (Å²) in [7, 11) is 0. The lowest BCUT2D eigenvalue weighted by molar-refractivity contribution is 0.101. The number of β-amino-alcohol motifs (C(OH)–C–C–N with tert-alkyl or cyclic N) is 1. The molecule has 0 bridgehead atoms. The Labute approximate surface area is 283 Å². The second-order valence-corrected chi connectivity index (χ2v) is 14.4. The minimum Gasteiger partial charge on any atom is -0.508 e. The van der Waals surface area contributed by atoms with E-state index in [4.69, 9.17) is 19.7 Å². The van der Waals surface area contributed by atoms with E-state index in [0.717, 1.165) is 77.9 Å². The van der Waals surface area contributed by atoms with Gasteiger partial charge in [0.2, 0.25) is 0 Å². The van der Waals surface area contributed by atoms with Crippen LogP contribution in [-0.2, 0) is 6.42 Å². The van der Waals surface area contributed by atoms with E-state index in [2.05, 4.69) is 16.7 Å². The van der Waals surface area contributed by atoms with E-state index in [1.165, 1.54) is 18.9 Å². The van der Waals surface area contributed by atoms with E-state index in [0.29, 0.717) is 42.4 Å². The summed E-state index contributed by atoms with van der Waals surface area (Å²) in [5.41, 5.74) is 5.26. The number of aromatic nitrogens is 2. The fraction of sp³-hybridized carbons (Fsp3) is 0.513. The summed E-state index contributed by atoms with van der Waals surface area (Å²) in [5, 5.41) is 23.5. The topological polar surface area (TPSA) is 94.3 Å². The van der Waals surface area contributed by atoms with Gasteiger partial charge in [-0.15, -0.1) is 0 Å². The molecule has 9 heteroatoms. The fourth-order valence-electron chi connectivity index (χ4n) is 8.41. The average Bonchev–Trinajstić information content (AvgIpc) is 3.65. The number of hydrogen-bond acceptors (Lipinski definition) is 8. The number of aliphatic hydroxyl groups is 1. The molecule has 2 atom stereocenters. The van der Waals surface area contributed by atoms with Gasteiger partial charge in [-0.25, -0.2) is 4.39 Å². The Morgan fingerprint density at radius 3 is 2.60 bits per heavy atom. The van der Waals surface area contributed by atoms with Crippen molar-refractivity contribution >= 4 is 39.5 Å². The first-order valence-corrected chi connectivity index (χ1v) is 17.8. The van der Waals surface area contributed by atoms with Gasteiger partial charge in [0.25, 0.3) is 0 Å². The quantitative estimate of drug-likeness (QED) is 0.282. The van der Waals surface area contributed by atoms with Crippen molar-refractivity contribution in [2.45, 2.75) is 90.8 Å². The largest absolute Gasteiger partial charge is 0.508 e. The standard InChI is InChI=1S/C39H48FN5O3/c1-6-27-31(40)11-10-25-18-26(46)19-29(34(25)27)30-20-32-35(28(7-2)36(30)41-23(3)4)37(44-17-12-24(5)33(47)21-44)43-38(42-32)48-22-39-13-8-15-45(39)16-9-14-39/h7,10-11,18-20,23-24,33,46-47H,6,8-9,12-17,21-22H2,1-5H3/b28-7-,41-36?. The van der Waals surface area contributed by atoms with Crippen LogP contribution >= 0.6 is 0 Å². The van der Waals surface area contributed by atoms with E-state index < -0.39 is 6.10 Å². The maximum absolute atomic E-state index is 15.3. The van der Waals surface area contributed by atoms with Crippen molar-refractivity contribution in [1.29, 1.82) is 0 Å². The maximum Gasteiger partial charge on any atom is 0.319 e. The van der Waals surface area contributed by atoms with Crippen LogP contribution < -0.4 is 9.64 Å². The van der Waals surface area contributed by atoms with Crippen LogP contribution in [0.25, 0.3) is 28.0 Å². The molecule has 3 aromatic rings. The first-order valence-electron chi connectivity index (χ1n) is 17.8. The van der Waals surface area contributed by atoms with Gasteiger partial charge >= 0.3 is 6.01 Å². The van der Waals surface area contributed by atoms with Crippen LogP contribution in [0, 0.1) is 11.7 Å². The van der Waals surface area contributed by atoms with Crippen LogP contribution in [0.5, 0.6) is 11.8 Å². The molecule has 3 fully saturated rings. The van der Waals surface area contributed by atoms with Crippen LogP contribution in [0.3, 0.4) is 0 Å². The Balaban J connectivity index is 1.45. The molecule has 4 aliphatic rings. The highest BCUT2D eigenvalue weighted by Gasteiger charge is 2.45. The molecular formula is C39H48FN5O3. The van der Waals surface area contributed by atoms with E-state index >= 15 is 4.39 Å². The smallest absolute Gasteiger partial charge is 0.319 e. The predicted octanol–water partition coefficient (Wildman–Crippen LogP) is 7.06. The van der Waals surface area contributed by atoms with Gasteiger partial charge in [0.15, 0.2) is 0 Å². The van der Waals surface area contributed by atoms with Gasteiger partial charge in [-0.2, -0.15) is 9.97 Å². The minimum atomic E-state index is -0.480. The summed E-state index contributed by atoms with van der Waals surface area (Å²) in [6.45, 7) is 14.1. The van der Waals surface area contributed by atoms with Gasteiger partial charge in [0, 0.05) is 30.3 Å². The zero-order valence-corrected chi connectivity index (χ0v) is 28.9. The predicted molar refractivity (Wildman–Crippen MR) is 191 cm³/mol. The van der Waals surface area contributed by atoms with Crippen molar-refractivity contribution < 1.29 is 19.3 Å². The Kier molecular flexibility index (Phi) is 8.79. The average molecular weight is 654 g/mol. The molecule has 1 aliphatic carbocycles. The molecule has 8 nitrogen and oxygen atoms in total. The summed E-state index contributed by atoms with van der Waals surface area (Å²) in [6.07, 6.45) is 9.50. The monoisotopic (exact) mass is 653 g/mol. The molecular weight excluding hydrogens is 605 g/mol. The molecule has 3 saturated heterocycles. The van der Waals surface area contributed by atoms with Gasteiger partial charge in [0.05, 0.1) is 28.6 Å². The van der Waals surface area contributed by atoms with Gasteiger partial charge in [-0.3, -0.25) is 9.89 Å². The molecule has 48 heavy (non-hydrogen) atoms. The second-order valence-electron chi connectivity index (χ2n) is 14.4. The highest BCUT2D eigenvalue weighted by molar-refractivity contribution is 6.50. The van der Waals surface area contributed by atoms with Crippen LogP contribution in [-0.4, -0.2) is 81.3 Å². The number of nitrogens with zero attached hydrogens (tertiary/aromatic N) is 5. The first-order chi connectivity index (χ1) is 23.1. The third-order valence-corrected chi connectivity index (χ3v) is 10.9. The molecule has 0 radical (unpaired) electrons. The van der Waals surface area contributed by atoms with Crippen molar-refractivity contribution in [2.75, 3.05) is 37.7 Å². The number of phenols is 1. The zero-order valence-electron chi connectivity index (χ0n) is 28.9. The highest BCUT2D eigenvalue weighted by Crippen LogP contribution is 2.45. The van der Waals surface area contributed by atoms with E-state index in [9.17, 15) is 10.2 Å². The molecule has 254 valence electrons. The number of anilines is 1. The number of benzene rings is 2. The number of aryl methyl sites for hydroxylation is 1. The third-order valence-electron chi connectivity index (χ3n) is 10.9. The number of rotatable bonds is 7. The lowest BCUT2D eigenvalue weighted by Gasteiger charge is -2.37. The van der Waals surface area contributed by atoms with E-state index in [1.54, 1.807) is 18.2 Å². The Morgan fingerprint density at radius 2 is 1.92 bits per heavy atom. The lowest BCUT2D eigenvalue weighted by atomic mass is 9.82. The summed E-state index contributed by atoms with van der Waals surface area (Å²) in [6, 6.07) is 6.88. The maximum atomic E-state index is 15.3. The summed E-state index contributed by atoms with van der Waals surface area (Å²) >= 11 is 0. The molecule has 2 N–H and O–H groups in total. The number of allylic oxidation sites excluding steroid dienone is 3. The van der Waals surface area contributed by atoms with Crippen molar-refractivity contribution in [3.63, 3.8) is 0 Å². The third kappa shape index (κ3) is 5.68. The van der Waals surface area contributed by atoms with Gasteiger partial charge < -0.3 is 19.8 Å². The van der Waals surface area contributed by atoms with Crippen LogP contribution in [0.4, 0.5) is 10.2 Å². The van der Waals surface area contributed by atoms with Gasteiger partial charge in [0.1, 0.15) is 24.0 Å². The van der Waals surface area contributed by atoms with Crippen molar-refractivity contribution in [3.05, 3.63) is 58.5 Å². The summed E-state index contributed by atoms with van der Waals surface area (Å²) in [5.74, 6) is 0.758. The minimum absolute atomic E-state index is 0.0316. The molecule has 2 aromatic carbocycles. The molecule has 0 spiro atoms.